The number of hydrogen-bond acceptors (Lipinski definition) is 52. The van der Waals surface area contributed by atoms with E-state index < -0.39 is 258 Å². The smallest absolute Gasteiger partial charge is 0.778 e. The molecule has 67 nitrogen and oxygen atoms in total. The van der Waals surface area contributed by atoms with Crippen LogP contribution in [0.25, 0.3) is 21.9 Å². The molecular weight excluding hydrogens is 2160 g/mol. The Hall–Kier alpha value is -15.7. The molecule has 5 fully saturated rings. The molecule has 0 saturated carbocycles. The zero-order chi connectivity index (χ0) is 112. The van der Waals surface area contributed by atoms with Crippen LogP contribution in [0.1, 0.15) is 170 Å². The van der Waals surface area contributed by atoms with Crippen molar-refractivity contribution in [2.45, 2.75) is 134 Å². The van der Waals surface area contributed by atoms with Gasteiger partial charge in [-0.25, -0.2) is 56.4 Å². The summed E-state index contributed by atoms with van der Waals surface area (Å²) in [7, 11) is -23.7. The van der Waals surface area contributed by atoms with Gasteiger partial charge in [-0.3, -0.25) is 100 Å². The summed E-state index contributed by atoms with van der Waals surface area (Å²) in [5, 5.41) is 13.0. The van der Waals surface area contributed by atoms with Gasteiger partial charge in [0, 0.05) is 88.3 Å². The Morgan fingerprint density at radius 1 is 0.360 bits per heavy atom. The Kier molecular flexibility index (Phi) is 45.0. The molecule has 74 heteroatoms. The number of imide groups is 8. The second kappa shape index (κ2) is 53.3. The van der Waals surface area contributed by atoms with Crippen molar-refractivity contribution in [1.82, 2.24) is 75.8 Å². The molecule has 3 aromatic heterocycles. The summed E-state index contributed by atoms with van der Waals surface area (Å²) in [4.78, 5) is 383. The monoisotopic (exact) mass is 2230 g/mol. The minimum Gasteiger partial charge on any atom is -0.778 e. The summed E-state index contributed by atoms with van der Waals surface area (Å²) in [6.45, 7) is 10.7. The number of para-hydroxylation sites is 1. The summed E-state index contributed by atoms with van der Waals surface area (Å²) in [6, 6.07) is 26.1. The van der Waals surface area contributed by atoms with Crippen LogP contribution in [0.2, 0.25) is 0 Å². The van der Waals surface area contributed by atoms with E-state index in [2.05, 4.69) is 69.1 Å². The fraction of sp³-hybridized carbons (Fsp3) is 0.263. The molecule has 0 radical (unpaired) electrons. The Labute approximate surface area is 879 Å². The first-order valence-electron chi connectivity index (χ1n) is 39.6. The van der Waals surface area contributed by atoms with Gasteiger partial charge >= 0.3 is 138 Å². The number of hydroxylamine groups is 16. The minimum atomic E-state index is -4.94. The number of carbonyl (C=O) groups is 26. The van der Waals surface area contributed by atoms with Gasteiger partial charge in [0.05, 0.1) is 63.8 Å². The van der Waals surface area contributed by atoms with E-state index in [1.54, 1.807) is 48.5 Å². The molecule has 5 atom stereocenters. The van der Waals surface area contributed by atoms with E-state index in [1.165, 1.54) is 44.3 Å². The number of benzene rings is 4. The Morgan fingerprint density at radius 3 is 1.07 bits per heavy atom. The molecule has 5 saturated heterocycles. The predicted octanol–water partition coefficient (Wildman–Crippen LogP) is -11.8. The van der Waals surface area contributed by atoms with Crippen molar-refractivity contribution in [1.29, 1.82) is 0 Å². The van der Waals surface area contributed by atoms with E-state index in [4.69, 9.17) is 28.6 Å². The maximum Gasteiger partial charge on any atom is 1.00 e. The number of carbonyl (C=O) groups excluding carboxylic acids is 26. The van der Waals surface area contributed by atoms with Crippen LogP contribution in [0, 0.1) is 0 Å². The minimum absolute atomic E-state index is 0. The van der Waals surface area contributed by atoms with Gasteiger partial charge in [0.2, 0.25) is 0 Å². The van der Waals surface area contributed by atoms with E-state index in [-0.39, 0.29) is 131 Å². The van der Waals surface area contributed by atoms with Gasteiger partial charge in [0.15, 0.2) is 10.9 Å². The number of amides is 16. The van der Waals surface area contributed by atoms with Gasteiger partial charge in [0.25, 0.3) is 109 Å². The Bertz CT molecular complexity index is 6970. The molecule has 15 rings (SSSR count). The van der Waals surface area contributed by atoms with Crippen LogP contribution in [0.3, 0.4) is 0 Å². The maximum atomic E-state index is 11.8. The fourth-order valence-electron chi connectivity index (χ4n) is 11.4. The van der Waals surface area contributed by atoms with Crippen LogP contribution in [0.5, 0.6) is 0 Å². The topological polar surface area (TPSA) is 937 Å². The van der Waals surface area contributed by atoms with Gasteiger partial charge in [-0.05, 0) is 82.0 Å². The first-order chi connectivity index (χ1) is 68.4. The van der Waals surface area contributed by atoms with E-state index in [1.807, 2.05) is 12.1 Å². The number of fused-ring (bicyclic) bond motifs is 5. The summed E-state index contributed by atoms with van der Waals surface area (Å²) < 4.78 is 114. The Balaban J connectivity index is 0.000000347. The van der Waals surface area contributed by atoms with E-state index in [9.17, 15) is 173 Å². The van der Waals surface area contributed by atoms with Crippen LogP contribution < -0.4 is 79.2 Å². The average Bonchev–Trinajstić information content (AvgIpc) is 1.61. The molecule has 5 unspecified atom stereocenters. The molecule has 0 bridgehead atoms. The molecule has 16 amide bonds. The summed E-state index contributed by atoms with van der Waals surface area (Å²) >= 11 is 0. The number of rotatable bonds is 15. The average molecular weight is 2230 g/mol. The molecule has 8 aliphatic heterocycles. The maximum absolute atomic E-state index is 11.8. The molecule has 0 aliphatic carbocycles. The van der Waals surface area contributed by atoms with E-state index in [0.717, 1.165) is 78.4 Å². The van der Waals surface area contributed by atoms with Gasteiger partial charge < -0.3 is 77.1 Å². The molecule has 11 heterocycles. The predicted molar refractivity (Wildman–Crippen MR) is 454 cm³/mol. The Morgan fingerprint density at radius 2 is 0.687 bits per heavy atom. The van der Waals surface area contributed by atoms with Crippen LogP contribution >= 0.6 is 15.2 Å². The fourth-order valence-corrected chi connectivity index (χ4v) is 14.9. The molecule has 0 spiro atoms. The van der Waals surface area contributed by atoms with Crippen LogP contribution in [0.15, 0.2) is 119 Å². The number of hydrogen-bond donors (Lipinski definition) is 5. The molecule has 7 aromatic rings. The second-order valence-electron chi connectivity index (χ2n) is 28.6. The molecule has 150 heavy (non-hydrogen) atoms. The van der Waals surface area contributed by atoms with Crippen LogP contribution in [-0.4, -0.2) is 305 Å². The van der Waals surface area contributed by atoms with E-state index >= 15 is 0 Å². The van der Waals surface area contributed by atoms with Gasteiger partial charge in [-0.1, -0.05) is 56.4 Å². The molecule has 5 N–H and O–H groups in total. The largest absolute Gasteiger partial charge is 1.00 e. The van der Waals surface area contributed by atoms with Crippen LogP contribution in [0.4, 0.5) is 0 Å². The van der Waals surface area contributed by atoms with Crippen molar-refractivity contribution < 1.29 is 300 Å². The van der Waals surface area contributed by atoms with Gasteiger partial charge in [0.1, 0.15) is 50.9 Å². The first-order valence-corrected chi connectivity index (χ1v) is 47.3. The van der Waals surface area contributed by atoms with Gasteiger partial charge in [-0.15, -0.1) is 35.5 Å². The first kappa shape index (κ1) is 127. The number of aromatic nitrogens is 7. The van der Waals surface area contributed by atoms with Crippen molar-refractivity contribution >= 4 is 222 Å². The van der Waals surface area contributed by atoms with Crippen molar-refractivity contribution in [2.24, 2.45) is 0 Å². The molecule has 790 valence electrons. The summed E-state index contributed by atoms with van der Waals surface area (Å²) in [5.74, 6) is -22.1. The molecular formula is C76H69N15Na2O52P2S3. The molecule has 8 aliphatic rings. The zero-order valence-electron chi connectivity index (χ0n) is 78.2. The van der Waals surface area contributed by atoms with Gasteiger partial charge in [-0.2, -0.15) is 16.8 Å². The SMILES string of the molecule is CC(=O)ON1C(=O)CC(P(=O)(O)O)C1=O.CC(=O)ON1C(=O)CC(P(=O)([O-])O)C1=O.CC(=O)ON1C(=O)CC(S(=O)(=O)O)C1=O.CC(=O)ON1C(=O)CC(S(=O)(=O)[O-])C1=O.CC(=O)ON1C(=O)CCC1=O.CC(=O)ON1C(=O)c2ccc(S(=O)(=O)O)cc2C1=O.CC(=O)ON1C(=O)c2ccccc2C1=O.CC(=O)ON1C(=O)c2cccnc2C1=O.CC(=O)On1nnc2ccccc21.CC(=O)On1nnc2ccccc2c1=O.[Na+].[Na+]. The standard InChI is InChI=1S/C10H7NO7S.C10H7NO4.C9H7N3O3.C9H6N2O4.C8H7N3O2.2C6H8NO7P.2C6H7NO7S.C6H7NO4.2Na/c1-5(12)18-11-9(13)7-3-2-6(19(15,16)17)4-8(7)10(11)14;1-6(12)15-11-9(13)7-4-2-3-5-8(7)10(11)14;1-6(13)15-12-9(14)7-4-2-3-5-8(7)10-11-12;1-5(12)15-11-8(13)6-3-2-4-10-7(6)9(11)14;1-6(12)13-11-8-5-3-2-4-7(8)9-10-11;4*1-3(8)14-7-5(9)2-4(6(7)10)15(11,12)13;1-4(8)11-7-5(9)2-3-6(7)10;;/h2-4H,1H3,(H,15,16,17);2*2-5H,1H3;2-4H,1H3;2-5H,1H3;2*4H,2H2,1H3,(H2,11,12,13);2*4H,2H2,1H3,(H,11,12,13);2-3H2,1H3;;/q;;;;;;;;;;2*+1/p-2. The third kappa shape index (κ3) is 34.2. The quantitative estimate of drug-likeness (QED) is 0.0209. The van der Waals surface area contributed by atoms with Crippen molar-refractivity contribution in [3.63, 3.8) is 0 Å². The van der Waals surface area contributed by atoms with Crippen molar-refractivity contribution in [3.8, 4) is 0 Å². The molecule has 4 aromatic carbocycles. The van der Waals surface area contributed by atoms with Crippen LogP contribution in [-0.2, 0) is 174 Å². The van der Waals surface area contributed by atoms with Crippen molar-refractivity contribution in [2.75, 3.05) is 0 Å². The zero-order valence-corrected chi connectivity index (χ0v) is 86.4. The number of nitrogens with zero attached hydrogens (tertiary/aromatic N) is 15. The second-order valence-corrected chi connectivity index (χ2v) is 36.7. The van der Waals surface area contributed by atoms with E-state index in [0.29, 0.717) is 42.0 Å². The van der Waals surface area contributed by atoms with Crippen molar-refractivity contribution in [3.05, 3.63) is 153 Å². The third-order valence-corrected chi connectivity index (χ3v) is 22.7. The number of pyridine rings is 1. The normalized spacial score (nSPS) is 17.0. The third-order valence-electron chi connectivity index (χ3n) is 17.3. The summed E-state index contributed by atoms with van der Waals surface area (Å²) in [6.07, 6.45) is -1.25. The summed E-state index contributed by atoms with van der Waals surface area (Å²) in [5.41, 5.74) is -1.99.